The summed E-state index contributed by atoms with van der Waals surface area (Å²) in [5, 5.41) is 11.5. The minimum Gasteiger partial charge on any atom is -0.378 e. The molecule has 2 aromatic heterocycles. The maximum Gasteiger partial charge on any atom is 0.179 e. The van der Waals surface area contributed by atoms with Crippen molar-refractivity contribution in [2.75, 3.05) is 5.32 Å². The maximum atomic E-state index is 4.14. The van der Waals surface area contributed by atoms with Gasteiger partial charge in [-0.05, 0) is 19.1 Å². The average molecular weight is 239 g/mol. The quantitative estimate of drug-likeness (QED) is 0.760. The van der Waals surface area contributed by atoms with Crippen molar-refractivity contribution in [1.82, 2.24) is 19.6 Å². The highest BCUT2D eigenvalue weighted by atomic mass is 15.3. The van der Waals surface area contributed by atoms with Crippen molar-refractivity contribution in [3.05, 3.63) is 54.2 Å². The third-order valence-electron chi connectivity index (χ3n) is 2.79. The van der Waals surface area contributed by atoms with Crippen LogP contribution < -0.4 is 5.32 Å². The van der Waals surface area contributed by atoms with Gasteiger partial charge in [-0.15, -0.1) is 10.2 Å². The Bertz CT molecular complexity index is 656. The summed E-state index contributed by atoms with van der Waals surface area (Å²) >= 11 is 0. The van der Waals surface area contributed by atoms with E-state index in [-0.39, 0.29) is 0 Å². The molecule has 18 heavy (non-hydrogen) atoms. The number of anilines is 1. The number of benzene rings is 1. The summed E-state index contributed by atoms with van der Waals surface area (Å²) in [6, 6.07) is 8.27. The highest BCUT2D eigenvalue weighted by Crippen LogP contribution is 2.10. The van der Waals surface area contributed by atoms with E-state index < -0.39 is 0 Å². The zero-order valence-electron chi connectivity index (χ0n) is 10.0. The smallest absolute Gasteiger partial charge is 0.179 e. The number of hydrogen-bond donors (Lipinski definition) is 1. The maximum absolute atomic E-state index is 4.14. The second-order valence-corrected chi connectivity index (χ2v) is 4.14. The van der Waals surface area contributed by atoms with Gasteiger partial charge in [-0.25, -0.2) is 0 Å². The van der Waals surface area contributed by atoms with Crippen LogP contribution in [0, 0.1) is 6.92 Å². The first kappa shape index (κ1) is 10.7. The summed E-state index contributed by atoms with van der Waals surface area (Å²) in [5.74, 6) is 0.868. The van der Waals surface area contributed by atoms with E-state index in [4.69, 9.17) is 0 Å². The molecule has 0 aliphatic heterocycles. The molecule has 3 rings (SSSR count). The summed E-state index contributed by atoms with van der Waals surface area (Å²) in [7, 11) is 0. The lowest BCUT2D eigenvalue weighted by atomic mass is 10.2. The van der Waals surface area contributed by atoms with Crippen LogP contribution in [0.2, 0.25) is 0 Å². The van der Waals surface area contributed by atoms with Gasteiger partial charge in [0, 0.05) is 18.1 Å². The minimum absolute atomic E-state index is 0.633. The van der Waals surface area contributed by atoms with E-state index in [1.165, 1.54) is 5.56 Å². The molecule has 5 nitrogen and oxygen atoms in total. The Kier molecular flexibility index (Phi) is 2.64. The topological polar surface area (TPSA) is 55.1 Å². The highest BCUT2D eigenvalue weighted by molar-refractivity contribution is 5.44. The molecule has 2 heterocycles. The SMILES string of the molecule is Cc1ccc(NCc2nnc3cnccn23)cc1. The Morgan fingerprint density at radius 2 is 2.00 bits per heavy atom. The summed E-state index contributed by atoms with van der Waals surface area (Å²) in [5.41, 5.74) is 3.09. The standard InChI is InChI=1S/C13H13N5/c1-10-2-4-11(5-3-10)15-9-13-17-16-12-8-14-6-7-18(12)13/h2-8,15H,9H2,1H3. The van der Waals surface area contributed by atoms with Crippen LogP contribution in [-0.4, -0.2) is 19.6 Å². The number of aryl methyl sites for hydroxylation is 1. The fraction of sp³-hybridized carbons (Fsp3) is 0.154. The molecular formula is C13H13N5. The first-order chi connectivity index (χ1) is 8.83. The second kappa shape index (κ2) is 4.44. The third-order valence-corrected chi connectivity index (χ3v) is 2.79. The van der Waals surface area contributed by atoms with E-state index in [1.807, 2.05) is 10.6 Å². The van der Waals surface area contributed by atoms with Gasteiger partial charge in [-0.2, -0.15) is 0 Å². The average Bonchev–Trinajstić information content (AvgIpc) is 2.82. The molecule has 3 aromatic rings. The third kappa shape index (κ3) is 2.02. The van der Waals surface area contributed by atoms with Gasteiger partial charge in [-0.1, -0.05) is 17.7 Å². The van der Waals surface area contributed by atoms with Gasteiger partial charge in [0.15, 0.2) is 11.5 Å². The normalized spacial score (nSPS) is 10.7. The zero-order valence-corrected chi connectivity index (χ0v) is 10.0. The van der Waals surface area contributed by atoms with Crippen molar-refractivity contribution < 1.29 is 0 Å². The van der Waals surface area contributed by atoms with E-state index in [9.17, 15) is 0 Å². The van der Waals surface area contributed by atoms with Gasteiger partial charge in [0.25, 0.3) is 0 Å². The monoisotopic (exact) mass is 239 g/mol. The van der Waals surface area contributed by atoms with E-state index in [1.54, 1.807) is 12.4 Å². The number of nitrogens with one attached hydrogen (secondary N) is 1. The second-order valence-electron chi connectivity index (χ2n) is 4.14. The zero-order chi connectivity index (χ0) is 12.4. The van der Waals surface area contributed by atoms with E-state index >= 15 is 0 Å². The molecule has 0 aliphatic rings. The predicted octanol–water partition coefficient (Wildman–Crippen LogP) is 2.04. The Labute approximate surface area is 105 Å². The summed E-state index contributed by atoms with van der Waals surface area (Å²) in [4.78, 5) is 4.01. The minimum atomic E-state index is 0.633. The van der Waals surface area contributed by atoms with Crippen molar-refractivity contribution >= 4 is 11.3 Å². The van der Waals surface area contributed by atoms with E-state index in [2.05, 4.69) is 51.7 Å². The molecule has 5 heteroatoms. The summed E-state index contributed by atoms with van der Waals surface area (Å²) < 4.78 is 1.92. The van der Waals surface area contributed by atoms with Crippen molar-refractivity contribution in [1.29, 1.82) is 0 Å². The van der Waals surface area contributed by atoms with Crippen LogP contribution in [0.4, 0.5) is 5.69 Å². The van der Waals surface area contributed by atoms with Gasteiger partial charge >= 0.3 is 0 Å². The van der Waals surface area contributed by atoms with E-state index in [0.29, 0.717) is 6.54 Å². The Balaban J connectivity index is 1.79. The van der Waals surface area contributed by atoms with Gasteiger partial charge in [-0.3, -0.25) is 9.38 Å². The van der Waals surface area contributed by atoms with Gasteiger partial charge in [0.2, 0.25) is 0 Å². The molecule has 0 atom stereocenters. The molecule has 0 radical (unpaired) electrons. The van der Waals surface area contributed by atoms with Crippen LogP contribution in [0.3, 0.4) is 0 Å². The van der Waals surface area contributed by atoms with Crippen LogP contribution in [0.25, 0.3) is 5.65 Å². The van der Waals surface area contributed by atoms with Crippen LogP contribution in [0.15, 0.2) is 42.9 Å². The lowest BCUT2D eigenvalue weighted by Crippen LogP contribution is -2.04. The molecule has 1 aromatic carbocycles. The van der Waals surface area contributed by atoms with Crippen molar-refractivity contribution in [2.24, 2.45) is 0 Å². The number of hydrogen-bond acceptors (Lipinski definition) is 4. The first-order valence-corrected chi connectivity index (χ1v) is 5.77. The summed E-state index contributed by atoms with van der Waals surface area (Å²) in [6.07, 6.45) is 5.29. The molecule has 0 aliphatic carbocycles. The van der Waals surface area contributed by atoms with Crippen LogP contribution in [0.5, 0.6) is 0 Å². The predicted molar refractivity (Wildman–Crippen MR) is 69.3 cm³/mol. The van der Waals surface area contributed by atoms with Crippen molar-refractivity contribution in [3.63, 3.8) is 0 Å². The largest absolute Gasteiger partial charge is 0.378 e. The molecule has 0 amide bonds. The molecular weight excluding hydrogens is 226 g/mol. The molecule has 1 N–H and O–H groups in total. The number of nitrogens with zero attached hydrogens (tertiary/aromatic N) is 4. The number of fused-ring (bicyclic) bond motifs is 1. The Morgan fingerprint density at radius 1 is 1.17 bits per heavy atom. The van der Waals surface area contributed by atoms with Gasteiger partial charge in [0.1, 0.15) is 0 Å². The lowest BCUT2D eigenvalue weighted by Gasteiger charge is -2.05. The van der Waals surface area contributed by atoms with Crippen LogP contribution in [-0.2, 0) is 6.54 Å². The van der Waals surface area contributed by atoms with Crippen molar-refractivity contribution in [3.8, 4) is 0 Å². The van der Waals surface area contributed by atoms with Crippen LogP contribution in [0.1, 0.15) is 11.4 Å². The highest BCUT2D eigenvalue weighted by Gasteiger charge is 2.03. The van der Waals surface area contributed by atoms with Gasteiger partial charge < -0.3 is 5.32 Å². The molecule has 0 bridgehead atoms. The van der Waals surface area contributed by atoms with Crippen LogP contribution >= 0.6 is 0 Å². The molecule has 0 unspecified atom stereocenters. The fourth-order valence-corrected chi connectivity index (χ4v) is 1.78. The molecule has 0 fully saturated rings. The number of aromatic nitrogens is 4. The fourth-order valence-electron chi connectivity index (χ4n) is 1.78. The van der Waals surface area contributed by atoms with E-state index in [0.717, 1.165) is 17.2 Å². The molecule has 90 valence electrons. The lowest BCUT2D eigenvalue weighted by molar-refractivity contribution is 0.915. The summed E-state index contributed by atoms with van der Waals surface area (Å²) in [6.45, 7) is 2.71. The van der Waals surface area contributed by atoms with Gasteiger partial charge in [0.05, 0.1) is 12.7 Å². The Hall–Kier alpha value is -2.43. The van der Waals surface area contributed by atoms with Crippen molar-refractivity contribution in [2.45, 2.75) is 13.5 Å². The number of rotatable bonds is 3. The molecule has 0 saturated carbocycles. The molecule has 0 spiro atoms. The Morgan fingerprint density at radius 3 is 2.83 bits per heavy atom. The molecule has 0 saturated heterocycles. The first-order valence-electron chi connectivity index (χ1n) is 5.77.